The largest absolute Gasteiger partial charge is 0.478 e. The van der Waals surface area contributed by atoms with Crippen LogP contribution in [0.25, 0.3) is 22.0 Å². The lowest BCUT2D eigenvalue weighted by Gasteiger charge is -2.21. The quantitative estimate of drug-likeness (QED) is 0.322. The molecular formula is C24H26ClNO3. The van der Waals surface area contributed by atoms with Gasteiger partial charge in [0.25, 0.3) is 0 Å². The van der Waals surface area contributed by atoms with E-state index in [2.05, 4.69) is 17.1 Å². The van der Waals surface area contributed by atoms with Crippen LogP contribution in [-0.4, -0.2) is 24.7 Å². The second kappa shape index (κ2) is 9.27. The van der Waals surface area contributed by atoms with E-state index in [0.29, 0.717) is 17.5 Å². The molecule has 0 N–H and O–H groups in total. The molecule has 152 valence electrons. The number of halogens is 1. The Morgan fingerprint density at radius 1 is 1.07 bits per heavy atom. The summed E-state index contributed by atoms with van der Waals surface area (Å²) in [5, 5.41) is 1.68. The molecule has 0 bridgehead atoms. The molecule has 0 radical (unpaired) electrons. The summed E-state index contributed by atoms with van der Waals surface area (Å²) in [4.78, 5) is 16.4. The summed E-state index contributed by atoms with van der Waals surface area (Å²) in [5.74, 6) is 0.409. The number of aromatic nitrogens is 1. The van der Waals surface area contributed by atoms with Crippen LogP contribution in [0, 0.1) is 5.41 Å². The van der Waals surface area contributed by atoms with Gasteiger partial charge in [-0.05, 0) is 62.4 Å². The van der Waals surface area contributed by atoms with Crippen LogP contribution < -0.4 is 4.74 Å². The van der Waals surface area contributed by atoms with Gasteiger partial charge in [-0.3, -0.25) is 4.79 Å². The molecule has 5 heteroatoms. The van der Waals surface area contributed by atoms with Crippen LogP contribution in [0.3, 0.4) is 0 Å². The fourth-order valence-electron chi connectivity index (χ4n) is 3.33. The van der Waals surface area contributed by atoms with Gasteiger partial charge in [0.05, 0.1) is 24.6 Å². The highest BCUT2D eigenvalue weighted by molar-refractivity contribution is 6.31. The average Bonchev–Trinajstić information content (AvgIpc) is 2.73. The minimum atomic E-state index is -0.476. The summed E-state index contributed by atoms with van der Waals surface area (Å²) in [7, 11) is 1.43. The van der Waals surface area contributed by atoms with Gasteiger partial charge in [0.15, 0.2) is 0 Å². The maximum Gasteiger partial charge on any atom is 0.311 e. The first-order valence-electron chi connectivity index (χ1n) is 9.78. The summed E-state index contributed by atoms with van der Waals surface area (Å²) in [6, 6.07) is 17.8. The van der Waals surface area contributed by atoms with Crippen molar-refractivity contribution in [1.82, 2.24) is 4.98 Å². The lowest BCUT2D eigenvalue weighted by atomic mass is 9.87. The van der Waals surface area contributed by atoms with Crippen molar-refractivity contribution in [3.05, 3.63) is 59.6 Å². The molecule has 0 saturated carbocycles. The number of unbranched alkanes of at least 4 members (excludes halogenated alkanes) is 1. The number of rotatable bonds is 8. The number of pyridine rings is 1. The summed E-state index contributed by atoms with van der Waals surface area (Å²) in [6.45, 7) is 4.35. The Bertz CT molecular complexity index is 986. The predicted octanol–water partition coefficient (Wildman–Crippen LogP) is 6.30. The van der Waals surface area contributed by atoms with E-state index in [-0.39, 0.29) is 5.97 Å². The number of hydrogen-bond acceptors (Lipinski definition) is 4. The number of benzene rings is 2. The van der Waals surface area contributed by atoms with Crippen LogP contribution in [0.1, 0.15) is 33.1 Å². The molecule has 0 fully saturated rings. The molecule has 0 aliphatic carbocycles. The fraction of sp³-hybridized carbons (Fsp3) is 0.333. The van der Waals surface area contributed by atoms with Crippen molar-refractivity contribution in [2.75, 3.05) is 13.7 Å². The first kappa shape index (κ1) is 21.1. The van der Waals surface area contributed by atoms with Crippen molar-refractivity contribution < 1.29 is 14.3 Å². The molecule has 0 aliphatic heterocycles. The smallest absolute Gasteiger partial charge is 0.311 e. The third kappa shape index (κ3) is 5.27. The topological polar surface area (TPSA) is 48.4 Å². The minimum absolute atomic E-state index is 0.180. The van der Waals surface area contributed by atoms with E-state index in [1.807, 2.05) is 56.3 Å². The Morgan fingerprint density at radius 2 is 1.83 bits per heavy atom. The molecule has 0 unspecified atom stereocenters. The van der Waals surface area contributed by atoms with Gasteiger partial charge in [-0.2, -0.15) is 0 Å². The minimum Gasteiger partial charge on any atom is -0.478 e. The summed E-state index contributed by atoms with van der Waals surface area (Å²) in [6.07, 6.45) is 2.46. The predicted molar refractivity (Wildman–Crippen MR) is 117 cm³/mol. The average molecular weight is 412 g/mol. The van der Waals surface area contributed by atoms with Crippen LogP contribution in [0.2, 0.25) is 5.02 Å². The van der Waals surface area contributed by atoms with Crippen molar-refractivity contribution in [2.24, 2.45) is 5.41 Å². The number of fused-ring (bicyclic) bond motifs is 1. The molecule has 3 rings (SSSR count). The molecule has 3 aromatic rings. The van der Waals surface area contributed by atoms with Gasteiger partial charge in [-0.15, -0.1) is 0 Å². The van der Waals surface area contributed by atoms with E-state index in [9.17, 15) is 4.79 Å². The van der Waals surface area contributed by atoms with Gasteiger partial charge in [-0.25, -0.2) is 4.98 Å². The van der Waals surface area contributed by atoms with Crippen molar-refractivity contribution >= 4 is 28.5 Å². The summed E-state index contributed by atoms with van der Waals surface area (Å²) >= 11 is 6.21. The molecule has 1 heterocycles. The van der Waals surface area contributed by atoms with E-state index in [0.717, 1.165) is 41.3 Å². The van der Waals surface area contributed by atoms with Crippen LogP contribution in [0.4, 0.5) is 0 Å². The number of ether oxygens (including phenoxy) is 2. The molecule has 0 amide bonds. The SMILES string of the molecule is COC(=O)C(C)(C)CCCCOc1cc(-c2ccccc2)c2cc(Cl)ccc2n1. The van der Waals surface area contributed by atoms with Crippen LogP contribution in [0.15, 0.2) is 54.6 Å². The van der Waals surface area contributed by atoms with Gasteiger partial charge in [0.2, 0.25) is 5.88 Å². The number of carbonyl (C=O) groups excluding carboxylic acids is 1. The first-order valence-corrected chi connectivity index (χ1v) is 10.2. The highest BCUT2D eigenvalue weighted by atomic mass is 35.5. The number of carbonyl (C=O) groups is 1. The third-order valence-electron chi connectivity index (χ3n) is 5.02. The van der Waals surface area contributed by atoms with Gasteiger partial charge >= 0.3 is 5.97 Å². The molecule has 0 atom stereocenters. The van der Waals surface area contributed by atoms with E-state index in [1.54, 1.807) is 0 Å². The number of methoxy groups -OCH3 is 1. The zero-order valence-electron chi connectivity index (χ0n) is 17.1. The van der Waals surface area contributed by atoms with E-state index in [1.165, 1.54) is 7.11 Å². The molecule has 0 spiro atoms. The monoisotopic (exact) mass is 411 g/mol. The van der Waals surface area contributed by atoms with Crippen LogP contribution in [-0.2, 0) is 9.53 Å². The standard InChI is InChI=1S/C24H26ClNO3/c1-24(2,23(27)28-3)13-7-8-14-29-22-16-19(17-9-5-4-6-10-17)20-15-18(25)11-12-21(20)26-22/h4-6,9-12,15-16H,7-8,13-14H2,1-3H3. The second-order valence-corrected chi connectivity index (χ2v) is 8.15. The maximum atomic E-state index is 11.8. The molecular weight excluding hydrogens is 386 g/mol. The third-order valence-corrected chi connectivity index (χ3v) is 5.25. The highest BCUT2D eigenvalue weighted by Crippen LogP contribution is 2.32. The Morgan fingerprint density at radius 3 is 2.55 bits per heavy atom. The van der Waals surface area contributed by atoms with Gasteiger partial charge in [0, 0.05) is 16.5 Å². The number of nitrogens with zero attached hydrogens (tertiary/aromatic N) is 1. The molecule has 4 nitrogen and oxygen atoms in total. The van der Waals surface area contributed by atoms with Gasteiger partial charge in [-0.1, -0.05) is 41.9 Å². The number of hydrogen-bond donors (Lipinski definition) is 0. The Labute approximate surface area is 176 Å². The zero-order valence-corrected chi connectivity index (χ0v) is 17.8. The summed E-state index contributed by atoms with van der Waals surface area (Å²) < 4.78 is 10.8. The molecule has 2 aromatic carbocycles. The van der Waals surface area contributed by atoms with Gasteiger partial charge < -0.3 is 9.47 Å². The zero-order chi connectivity index (χ0) is 20.9. The van der Waals surface area contributed by atoms with Crippen molar-refractivity contribution in [1.29, 1.82) is 0 Å². The first-order chi connectivity index (χ1) is 13.9. The fourth-order valence-corrected chi connectivity index (χ4v) is 3.50. The Kier molecular flexibility index (Phi) is 6.75. The molecule has 0 aliphatic rings. The van der Waals surface area contributed by atoms with Crippen LogP contribution >= 0.6 is 11.6 Å². The van der Waals surface area contributed by atoms with Crippen LogP contribution in [0.5, 0.6) is 5.88 Å². The molecule has 1 aromatic heterocycles. The summed E-state index contributed by atoms with van der Waals surface area (Å²) in [5.41, 5.74) is 2.50. The Balaban J connectivity index is 1.72. The number of esters is 1. The molecule has 29 heavy (non-hydrogen) atoms. The highest BCUT2D eigenvalue weighted by Gasteiger charge is 2.27. The molecule has 0 saturated heterocycles. The van der Waals surface area contributed by atoms with Crippen molar-refractivity contribution in [2.45, 2.75) is 33.1 Å². The maximum absolute atomic E-state index is 11.8. The lowest BCUT2D eigenvalue weighted by Crippen LogP contribution is -2.25. The van der Waals surface area contributed by atoms with Crippen molar-refractivity contribution in [3.63, 3.8) is 0 Å². The van der Waals surface area contributed by atoms with E-state index >= 15 is 0 Å². The van der Waals surface area contributed by atoms with Crippen molar-refractivity contribution in [3.8, 4) is 17.0 Å². The normalized spacial score (nSPS) is 11.4. The lowest BCUT2D eigenvalue weighted by molar-refractivity contribution is -0.151. The second-order valence-electron chi connectivity index (χ2n) is 7.72. The van der Waals surface area contributed by atoms with E-state index < -0.39 is 5.41 Å². The Hall–Kier alpha value is -2.59. The van der Waals surface area contributed by atoms with E-state index in [4.69, 9.17) is 21.1 Å². The van der Waals surface area contributed by atoms with Gasteiger partial charge in [0.1, 0.15) is 0 Å².